The maximum atomic E-state index is 12.0. The molecule has 0 spiro atoms. The van der Waals surface area contributed by atoms with Gasteiger partial charge >= 0.3 is 6.03 Å². The van der Waals surface area contributed by atoms with Crippen molar-refractivity contribution in [1.29, 1.82) is 0 Å². The fraction of sp³-hybridized carbons (Fsp3) is 0.789. The predicted octanol–water partition coefficient (Wildman–Crippen LogP) is 3.09. The van der Waals surface area contributed by atoms with E-state index >= 15 is 0 Å². The van der Waals surface area contributed by atoms with Crippen molar-refractivity contribution in [2.24, 2.45) is 0 Å². The molecular formula is C19H32N4O2. The van der Waals surface area contributed by atoms with Crippen LogP contribution in [0.2, 0.25) is 0 Å². The number of aryl methyl sites for hydroxylation is 1. The molecule has 3 rings (SSSR count). The molecule has 0 aromatic carbocycles. The van der Waals surface area contributed by atoms with Gasteiger partial charge in [-0.05, 0) is 50.5 Å². The van der Waals surface area contributed by atoms with Crippen molar-refractivity contribution in [1.82, 2.24) is 20.8 Å². The number of amides is 2. The van der Waals surface area contributed by atoms with E-state index in [0.29, 0.717) is 12.6 Å². The number of ether oxygens (including phenoxy) is 1. The van der Waals surface area contributed by atoms with Gasteiger partial charge in [0.05, 0.1) is 12.3 Å². The van der Waals surface area contributed by atoms with Gasteiger partial charge in [0.25, 0.3) is 0 Å². The van der Waals surface area contributed by atoms with Crippen LogP contribution in [0.25, 0.3) is 0 Å². The Labute approximate surface area is 150 Å². The van der Waals surface area contributed by atoms with Crippen LogP contribution >= 0.6 is 0 Å². The number of rotatable bonds is 7. The number of unbranched alkanes of at least 4 members (excludes halogenated alkanes) is 1. The lowest BCUT2D eigenvalue weighted by atomic mass is 9.94. The Hall–Kier alpha value is -1.56. The molecule has 2 amide bonds. The molecule has 25 heavy (non-hydrogen) atoms. The molecule has 140 valence electrons. The Balaban J connectivity index is 1.21. The van der Waals surface area contributed by atoms with Gasteiger partial charge < -0.3 is 15.4 Å². The topological polar surface area (TPSA) is 79.0 Å². The van der Waals surface area contributed by atoms with Gasteiger partial charge in [-0.15, -0.1) is 0 Å². The van der Waals surface area contributed by atoms with Gasteiger partial charge in [-0.3, -0.25) is 5.10 Å². The summed E-state index contributed by atoms with van der Waals surface area (Å²) in [4.78, 5) is 12.0. The molecule has 0 bridgehead atoms. The van der Waals surface area contributed by atoms with Gasteiger partial charge in [0.15, 0.2) is 0 Å². The van der Waals surface area contributed by atoms with Crippen LogP contribution in [0.5, 0.6) is 0 Å². The van der Waals surface area contributed by atoms with Crippen molar-refractivity contribution in [2.45, 2.75) is 82.8 Å². The minimum absolute atomic E-state index is 0.0540. The van der Waals surface area contributed by atoms with Crippen LogP contribution in [0.1, 0.15) is 69.0 Å². The molecule has 6 heteroatoms. The average Bonchev–Trinajstić information content (AvgIpc) is 2.92. The first-order valence-electron chi connectivity index (χ1n) is 9.98. The van der Waals surface area contributed by atoms with Crippen molar-refractivity contribution in [3.63, 3.8) is 0 Å². The Morgan fingerprint density at radius 3 is 2.88 bits per heavy atom. The number of aromatic nitrogens is 2. The van der Waals surface area contributed by atoms with Gasteiger partial charge in [0, 0.05) is 24.9 Å². The highest BCUT2D eigenvalue weighted by atomic mass is 16.5. The summed E-state index contributed by atoms with van der Waals surface area (Å²) in [7, 11) is 0. The molecule has 1 unspecified atom stereocenters. The lowest BCUT2D eigenvalue weighted by Gasteiger charge is -2.23. The molecule has 0 saturated heterocycles. The number of hydrogen-bond donors (Lipinski definition) is 3. The van der Waals surface area contributed by atoms with E-state index < -0.39 is 0 Å². The monoisotopic (exact) mass is 348 g/mol. The van der Waals surface area contributed by atoms with Crippen LogP contribution in [0.15, 0.2) is 6.20 Å². The number of nitrogens with one attached hydrogen (secondary N) is 3. The SMILES string of the molecule is O=C(NCCCCOC1CCCCCC1)NC1CCc2[nH]ncc2C1. The van der Waals surface area contributed by atoms with E-state index in [2.05, 4.69) is 20.8 Å². The fourth-order valence-corrected chi connectivity index (χ4v) is 3.86. The average molecular weight is 348 g/mol. The quantitative estimate of drug-likeness (QED) is 0.523. The molecule has 1 fully saturated rings. The lowest BCUT2D eigenvalue weighted by Crippen LogP contribution is -2.44. The number of carbonyl (C=O) groups is 1. The second-order valence-corrected chi connectivity index (χ2v) is 7.41. The van der Waals surface area contributed by atoms with E-state index in [9.17, 15) is 4.79 Å². The number of hydrogen-bond acceptors (Lipinski definition) is 3. The molecule has 0 radical (unpaired) electrons. The number of urea groups is 1. The van der Waals surface area contributed by atoms with E-state index in [0.717, 1.165) is 38.7 Å². The first-order valence-corrected chi connectivity index (χ1v) is 9.98. The van der Waals surface area contributed by atoms with Crippen LogP contribution in [-0.4, -0.2) is 41.5 Å². The fourth-order valence-electron chi connectivity index (χ4n) is 3.86. The second-order valence-electron chi connectivity index (χ2n) is 7.41. The zero-order chi connectivity index (χ0) is 17.3. The third-order valence-corrected chi connectivity index (χ3v) is 5.36. The van der Waals surface area contributed by atoms with E-state index in [-0.39, 0.29) is 12.1 Å². The lowest BCUT2D eigenvalue weighted by molar-refractivity contribution is 0.0411. The zero-order valence-electron chi connectivity index (χ0n) is 15.2. The summed E-state index contributed by atoms with van der Waals surface area (Å²) in [5, 5.41) is 13.1. The molecule has 2 aliphatic rings. The molecule has 3 N–H and O–H groups in total. The summed E-state index contributed by atoms with van der Waals surface area (Å²) in [5.74, 6) is 0. The molecule has 6 nitrogen and oxygen atoms in total. The number of H-pyrrole nitrogens is 1. The second kappa shape index (κ2) is 9.80. The maximum Gasteiger partial charge on any atom is 0.315 e. The van der Waals surface area contributed by atoms with Crippen molar-refractivity contribution >= 4 is 6.03 Å². The Morgan fingerprint density at radius 1 is 1.20 bits per heavy atom. The summed E-state index contributed by atoms with van der Waals surface area (Å²) in [6.45, 7) is 1.53. The summed E-state index contributed by atoms with van der Waals surface area (Å²) >= 11 is 0. The van der Waals surface area contributed by atoms with Crippen LogP contribution in [0.3, 0.4) is 0 Å². The van der Waals surface area contributed by atoms with Crippen molar-refractivity contribution in [3.05, 3.63) is 17.5 Å². The predicted molar refractivity (Wildman–Crippen MR) is 97.6 cm³/mol. The third-order valence-electron chi connectivity index (χ3n) is 5.36. The van der Waals surface area contributed by atoms with Gasteiger partial charge in [0.2, 0.25) is 0 Å². The Bertz CT molecular complexity index is 523. The molecule has 2 aliphatic carbocycles. The van der Waals surface area contributed by atoms with Crippen molar-refractivity contribution < 1.29 is 9.53 Å². The van der Waals surface area contributed by atoms with Crippen LogP contribution < -0.4 is 10.6 Å². The molecule has 1 saturated carbocycles. The molecule has 1 aromatic heterocycles. The third kappa shape index (κ3) is 6.03. The smallest absolute Gasteiger partial charge is 0.315 e. The van der Waals surface area contributed by atoms with E-state index in [1.165, 1.54) is 49.8 Å². The van der Waals surface area contributed by atoms with Gasteiger partial charge in [-0.2, -0.15) is 5.10 Å². The molecular weight excluding hydrogens is 316 g/mol. The number of nitrogens with zero attached hydrogens (tertiary/aromatic N) is 1. The minimum atomic E-state index is -0.0540. The molecule has 1 aromatic rings. The first-order chi connectivity index (χ1) is 12.3. The van der Waals surface area contributed by atoms with Crippen LogP contribution in [0, 0.1) is 0 Å². The van der Waals surface area contributed by atoms with Crippen molar-refractivity contribution in [2.75, 3.05) is 13.2 Å². The van der Waals surface area contributed by atoms with E-state index in [1.807, 2.05) is 6.20 Å². The highest BCUT2D eigenvalue weighted by Gasteiger charge is 2.21. The highest BCUT2D eigenvalue weighted by Crippen LogP contribution is 2.20. The van der Waals surface area contributed by atoms with E-state index in [4.69, 9.17) is 4.74 Å². The molecule has 1 heterocycles. The normalized spacial score (nSPS) is 21.4. The zero-order valence-corrected chi connectivity index (χ0v) is 15.2. The Kier molecular flexibility index (Phi) is 7.15. The summed E-state index contributed by atoms with van der Waals surface area (Å²) in [5.41, 5.74) is 2.44. The maximum absolute atomic E-state index is 12.0. The summed E-state index contributed by atoms with van der Waals surface area (Å²) in [6, 6.07) is 0.158. The molecule has 0 aliphatic heterocycles. The number of aromatic amines is 1. The van der Waals surface area contributed by atoms with E-state index in [1.54, 1.807) is 0 Å². The van der Waals surface area contributed by atoms with Crippen molar-refractivity contribution in [3.8, 4) is 0 Å². The standard InChI is InChI=1S/C19H32N4O2/c24-19(22-16-9-10-18-15(13-16)14-21-23-18)20-11-5-6-12-25-17-7-3-1-2-4-8-17/h14,16-17H,1-13H2,(H,21,23)(H2,20,22,24). The largest absolute Gasteiger partial charge is 0.378 e. The van der Waals surface area contributed by atoms with Gasteiger partial charge in [-0.25, -0.2) is 4.79 Å². The Morgan fingerprint density at radius 2 is 2.04 bits per heavy atom. The molecule has 1 atom stereocenters. The number of carbonyl (C=O) groups excluding carboxylic acids is 1. The summed E-state index contributed by atoms with van der Waals surface area (Å²) < 4.78 is 5.98. The first kappa shape index (κ1) is 18.2. The minimum Gasteiger partial charge on any atom is -0.378 e. The highest BCUT2D eigenvalue weighted by molar-refractivity contribution is 5.74. The van der Waals surface area contributed by atoms with Gasteiger partial charge in [0.1, 0.15) is 0 Å². The van der Waals surface area contributed by atoms with Crippen LogP contribution in [-0.2, 0) is 17.6 Å². The summed E-state index contributed by atoms with van der Waals surface area (Å²) in [6.07, 6.45) is 14.9. The number of fused-ring (bicyclic) bond motifs is 1. The van der Waals surface area contributed by atoms with Gasteiger partial charge in [-0.1, -0.05) is 25.7 Å². The van der Waals surface area contributed by atoms with Crippen LogP contribution in [0.4, 0.5) is 4.79 Å².